The molecule has 1 saturated carbocycles. The number of amides is 1. The zero-order valence-corrected chi connectivity index (χ0v) is 7.96. The van der Waals surface area contributed by atoms with Crippen LogP contribution in [0.15, 0.2) is 0 Å². The van der Waals surface area contributed by atoms with Crippen LogP contribution in [0, 0.1) is 5.92 Å². The van der Waals surface area contributed by atoms with Gasteiger partial charge in [-0.05, 0) is 12.8 Å². The highest BCUT2D eigenvalue weighted by molar-refractivity contribution is 5.79. The lowest BCUT2D eigenvalue weighted by Gasteiger charge is -2.27. The molecule has 1 aliphatic rings. The number of rotatable bonds is 3. The molecule has 0 saturated heterocycles. The van der Waals surface area contributed by atoms with E-state index in [0.29, 0.717) is 13.1 Å². The molecule has 1 rings (SSSR count). The zero-order valence-electron chi connectivity index (χ0n) is 7.96. The zero-order chi connectivity index (χ0) is 9.68. The highest BCUT2D eigenvalue weighted by Crippen LogP contribution is 2.22. The van der Waals surface area contributed by atoms with Gasteiger partial charge in [0.05, 0.1) is 5.92 Å². The number of nitrogens with two attached hydrogens (primary N) is 2. The molecule has 4 heteroatoms. The standard InChI is InChI=1S/C9H19N3O/c10-5-6-12-9(13)7-3-1-2-4-8(7)11/h7-8H,1-6,10-11H2,(H,12,13). The van der Waals surface area contributed by atoms with Crippen molar-refractivity contribution in [1.82, 2.24) is 5.32 Å². The molecule has 4 nitrogen and oxygen atoms in total. The molecule has 1 aliphatic carbocycles. The molecule has 5 N–H and O–H groups in total. The van der Waals surface area contributed by atoms with Crippen molar-refractivity contribution in [2.45, 2.75) is 31.7 Å². The summed E-state index contributed by atoms with van der Waals surface area (Å²) < 4.78 is 0. The van der Waals surface area contributed by atoms with Crippen LogP contribution in [0.4, 0.5) is 0 Å². The summed E-state index contributed by atoms with van der Waals surface area (Å²) in [7, 11) is 0. The molecule has 2 unspecified atom stereocenters. The summed E-state index contributed by atoms with van der Waals surface area (Å²) >= 11 is 0. The molecule has 0 bridgehead atoms. The van der Waals surface area contributed by atoms with Gasteiger partial charge in [-0.1, -0.05) is 12.8 Å². The Balaban J connectivity index is 2.35. The quantitative estimate of drug-likeness (QED) is 0.558. The number of hydrogen-bond acceptors (Lipinski definition) is 3. The van der Waals surface area contributed by atoms with Crippen LogP contribution in [0.2, 0.25) is 0 Å². The van der Waals surface area contributed by atoms with E-state index in [0.717, 1.165) is 25.7 Å². The van der Waals surface area contributed by atoms with E-state index in [-0.39, 0.29) is 17.9 Å². The van der Waals surface area contributed by atoms with E-state index in [9.17, 15) is 4.79 Å². The second-order valence-corrected chi connectivity index (χ2v) is 3.63. The minimum atomic E-state index is 0.0142. The van der Waals surface area contributed by atoms with Crippen molar-refractivity contribution in [1.29, 1.82) is 0 Å². The van der Waals surface area contributed by atoms with E-state index in [1.165, 1.54) is 0 Å². The SMILES string of the molecule is NCCNC(=O)C1CCCCC1N. The van der Waals surface area contributed by atoms with E-state index >= 15 is 0 Å². The molecule has 0 heterocycles. The Morgan fingerprint density at radius 1 is 1.38 bits per heavy atom. The van der Waals surface area contributed by atoms with Gasteiger partial charge >= 0.3 is 0 Å². The number of carbonyl (C=O) groups is 1. The highest BCUT2D eigenvalue weighted by atomic mass is 16.1. The van der Waals surface area contributed by atoms with Crippen LogP contribution in [0.1, 0.15) is 25.7 Å². The largest absolute Gasteiger partial charge is 0.355 e. The Kier molecular flexibility index (Phi) is 4.18. The van der Waals surface area contributed by atoms with Crippen LogP contribution in [0.5, 0.6) is 0 Å². The fourth-order valence-corrected chi connectivity index (χ4v) is 1.81. The number of hydrogen-bond donors (Lipinski definition) is 3. The molecule has 0 aromatic carbocycles. The van der Waals surface area contributed by atoms with Crippen LogP contribution < -0.4 is 16.8 Å². The molecule has 0 spiro atoms. The third-order valence-electron chi connectivity index (χ3n) is 2.60. The lowest BCUT2D eigenvalue weighted by atomic mass is 9.84. The normalized spacial score (nSPS) is 28.5. The van der Waals surface area contributed by atoms with Crippen molar-refractivity contribution >= 4 is 5.91 Å². The predicted molar refractivity (Wildman–Crippen MR) is 52.0 cm³/mol. The summed E-state index contributed by atoms with van der Waals surface area (Å²) in [5.41, 5.74) is 11.2. The van der Waals surface area contributed by atoms with Gasteiger partial charge in [0.25, 0.3) is 0 Å². The summed E-state index contributed by atoms with van der Waals surface area (Å²) in [6.45, 7) is 1.05. The average molecular weight is 185 g/mol. The van der Waals surface area contributed by atoms with Gasteiger partial charge in [-0.25, -0.2) is 0 Å². The van der Waals surface area contributed by atoms with Gasteiger partial charge in [-0.15, -0.1) is 0 Å². The molecule has 76 valence electrons. The fourth-order valence-electron chi connectivity index (χ4n) is 1.81. The van der Waals surface area contributed by atoms with E-state index in [2.05, 4.69) is 5.32 Å². The van der Waals surface area contributed by atoms with Gasteiger partial charge in [0.15, 0.2) is 0 Å². The first kappa shape index (κ1) is 10.5. The predicted octanol–water partition coefficient (Wildman–Crippen LogP) is -0.421. The Bertz CT molecular complexity index is 172. The minimum Gasteiger partial charge on any atom is -0.355 e. The van der Waals surface area contributed by atoms with E-state index < -0.39 is 0 Å². The second-order valence-electron chi connectivity index (χ2n) is 3.63. The van der Waals surface area contributed by atoms with E-state index in [1.54, 1.807) is 0 Å². The molecule has 1 amide bonds. The van der Waals surface area contributed by atoms with Crippen LogP contribution in [-0.4, -0.2) is 25.0 Å². The highest BCUT2D eigenvalue weighted by Gasteiger charge is 2.27. The molecule has 0 aliphatic heterocycles. The summed E-state index contributed by atoms with van der Waals surface area (Å²) in [5, 5.41) is 2.79. The minimum absolute atomic E-state index is 0.0142. The van der Waals surface area contributed by atoms with E-state index in [4.69, 9.17) is 11.5 Å². The van der Waals surface area contributed by atoms with Crippen molar-refractivity contribution in [3.05, 3.63) is 0 Å². The van der Waals surface area contributed by atoms with Gasteiger partial charge in [0.2, 0.25) is 5.91 Å². The Hall–Kier alpha value is -0.610. The maximum Gasteiger partial charge on any atom is 0.224 e. The molecular formula is C9H19N3O. The van der Waals surface area contributed by atoms with Crippen molar-refractivity contribution < 1.29 is 4.79 Å². The second kappa shape index (κ2) is 5.19. The maximum atomic E-state index is 11.5. The Morgan fingerprint density at radius 2 is 2.08 bits per heavy atom. The smallest absolute Gasteiger partial charge is 0.224 e. The monoisotopic (exact) mass is 185 g/mol. The van der Waals surface area contributed by atoms with Gasteiger partial charge in [-0.2, -0.15) is 0 Å². The van der Waals surface area contributed by atoms with Gasteiger partial charge < -0.3 is 16.8 Å². The van der Waals surface area contributed by atoms with Gasteiger partial charge in [0.1, 0.15) is 0 Å². The van der Waals surface area contributed by atoms with Crippen LogP contribution in [0.25, 0.3) is 0 Å². The Labute approximate surface area is 79.0 Å². The van der Waals surface area contributed by atoms with Crippen molar-refractivity contribution in [2.75, 3.05) is 13.1 Å². The first-order valence-corrected chi connectivity index (χ1v) is 4.99. The lowest BCUT2D eigenvalue weighted by Crippen LogP contribution is -2.44. The summed E-state index contributed by atoms with van der Waals surface area (Å²) in [6.07, 6.45) is 4.18. The van der Waals surface area contributed by atoms with Crippen LogP contribution >= 0.6 is 0 Å². The molecule has 0 radical (unpaired) electrons. The lowest BCUT2D eigenvalue weighted by molar-refractivity contribution is -0.126. The number of nitrogens with one attached hydrogen (secondary N) is 1. The summed E-state index contributed by atoms with van der Waals surface area (Å²) in [5.74, 6) is 0.0953. The summed E-state index contributed by atoms with van der Waals surface area (Å²) in [6, 6.07) is 0.0477. The molecule has 13 heavy (non-hydrogen) atoms. The van der Waals surface area contributed by atoms with Crippen LogP contribution in [0.3, 0.4) is 0 Å². The first-order valence-electron chi connectivity index (χ1n) is 4.99. The van der Waals surface area contributed by atoms with Crippen molar-refractivity contribution in [3.63, 3.8) is 0 Å². The topological polar surface area (TPSA) is 81.1 Å². The molecule has 0 aromatic heterocycles. The first-order chi connectivity index (χ1) is 6.25. The summed E-state index contributed by atoms with van der Waals surface area (Å²) in [4.78, 5) is 11.5. The number of carbonyl (C=O) groups excluding carboxylic acids is 1. The van der Waals surface area contributed by atoms with Crippen molar-refractivity contribution in [3.8, 4) is 0 Å². The third-order valence-corrected chi connectivity index (χ3v) is 2.60. The third kappa shape index (κ3) is 2.97. The molecule has 2 atom stereocenters. The maximum absolute atomic E-state index is 11.5. The van der Waals surface area contributed by atoms with Gasteiger partial charge in [0, 0.05) is 19.1 Å². The molecule has 0 aromatic rings. The van der Waals surface area contributed by atoms with E-state index in [1.807, 2.05) is 0 Å². The average Bonchev–Trinajstić information content (AvgIpc) is 2.15. The molecule has 1 fully saturated rings. The Morgan fingerprint density at radius 3 is 2.69 bits per heavy atom. The fraction of sp³-hybridized carbons (Fsp3) is 0.889. The van der Waals surface area contributed by atoms with Gasteiger partial charge in [-0.3, -0.25) is 4.79 Å². The van der Waals surface area contributed by atoms with Crippen molar-refractivity contribution in [2.24, 2.45) is 17.4 Å². The molecular weight excluding hydrogens is 166 g/mol. The van der Waals surface area contributed by atoms with Crippen LogP contribution in [-0.2, 0) is 4.79 Å².